The first kappa shape index (κ1) is 17.6. The molecule has 134 valence electrons. The molecular weight excluding hydrogens is 344 g/mol. The van der Waals surface area contributed by atoms with Crippen molar-refractivity contribution in [2.75, 3.05) is 13.7 Å². The summed E-state index contributed by atoms with van der Waals surface area (Å²) in [6, 6.07) is 3.79. The molecule has 3 heterocycles. The maximum Gasteiger partial charge on any atom is 0.261 e. The van der Waals surface area contributed by atoms with Crippen molar-refractivity contribution in [2.24, 2.45) is 0 Å². The summed E-state index contributed by atoms with van der Waals surface area (Å²) in [6.07, 6.45) is 1.93. The number of nitrogens with zero attached hydrogens (tertiary/aromatic N) is 3. The third kappa shape index (κ3) is 4.05. The molecule has 0 spiro atoms. The van der Waals surface area contributed by atoms with E-state index in [1.54, 1.807) is 20.1 Å². The Morgan fingerprint density at radius 1 is 1.48 bits per heavy atom. The summed E-state index contributed by atoms with van der Waals surface area (Å²) in [7, 11) is 1.55. The maximum absolute atomic E-state index is 12.3. The van der Waals surface area contributed by atoms with Gasteiger partial charge < -0.3 is 19.5 Å². The molecule has 2 aromatic rings. The van der Waals surface area contributed by atoms with E-state index in [0.717, 1.165) is 24.3 Å². The molecule has 0 saturated carbocycles. The van der Waals surface area contributed by atoms with Gasteiger partial charge in [-0.3, -0.25) is 9.59 Å². The number of hydrogen-bond donors (Lipinski definition) is 1. The number of amides is 2. The number of hydrogen-bond acceptors (Lipinski definition) is 7. The molecule has 1 N–H and O–H groups in total. The first-order chi connectivity index (χ1) is 12.1. The minimum absolute atomic E-state index is 0.0742. The smallest absolute Gasteiger partial charge is 0.261 e. The summed E-state index contributed by atoms with van der Waals surface area (Å²) in [5.41, 5.74) is 0. The summed E-state index contributed by atoms with van der Waals surface area (Å²) >= 11 is 1.42. The van der Waals surface area contributed by atoms with Crippen LogP contribution in [0.1, 0.15) is 52.1 Å². The Morgan fingerprint density at radius 2 is 2.32 bits per heavy atom. The summed E-state index contributed by atoms with van der Waals surface area (Å²) in [4.78, 5) is 31.6. The minimum Gasteiger partial charge on any atom is -0.377 e. The molecular formula is C16H20N4O4S. The Kier molecular flexibility index (Phi) is 5.44. The van der Waals surface area contributed by atoms with Gasteiger partial charge in [-0.15, -0.1) is 11.3 Å². The van der Waals surface area contributed by atoms with Crippen LogP contribution in [-0.4, -0.2) is 40.5 Å². The molecule has 2 aromatic heterocycles. The van der Waals surface area contributed by atoms with E-state index in [4.69, 9.17) is 9.26 Å². The molecule has 2 amide bonds. The van der Waals surface area contributed by atoms with Crippen LogP contribution in [0.2, 0.25) is 0 Å². The van der Waals surface area contributed by atoms with E-state index in [1.807, 2.05) is 11.0 Å². The van der Waals surface area contributed by atoms with Crippen molar-refractivity contribution in [2.45, 2.75) is 39.0 Å². The van der Waals surface area contributed by atoms with Crippen LogP contribution in [0.25, 0.3) is 0 Å². The van der Waals surface area contributed by atoms with Crippen molar-refractivity contribution in [3.63, 3.8) is 0 Å². The Labute approximate surface area is 149 Å². The van der Waals surface area contributed by atoms with E-state index < -0.39 is 0 Å². The number of carbonyl (C=O) groups excluding carboxylic acids is 2. The zero-order chi connectivity index (χ0) is 17.8. The monoisotopic (exact) mass is 364 g/mol. The second-order valence-corrected chi connectivity index (χ2v) is 6.91. The third-order valence-electron chi connectivity index (χ3n) is 4.02. The van der Waals surface area contributed by atoms with Gasteiger partial charge in [-0.1, -0.05) is 5.16 Å². The van der Waals surface area contributed by atoms with Crippen LogP contribution >= 0.6 is 11.3 Å². The van der Waals surface area contributed by atoms with Crippen LogP contribution in [0.3, 0.4) is 0 Å². The lowest BCUT2D eigenvalue weighted by molar-refractivity contribution is -0.129. The Morgan fingerprint density at radius 3 is 3.08 bits per heavy atom. The fourth-order valence-corrected chi connectivity index (χ4v) is 3.96. The zero-order valence-corrected chi connectivity index (χ0v) is 15.0. The SMILES string of the molecule is COCc1noc(CNC(=O)c2ccc([C@H]3CCCN3C(C)=O)s2)n1. The molecule has 1 atom stereocenters. The fourth-order valence-electron chi connectivity index (χ4n) is 2.89. The van der Waals surface area contributed by atoms with Crippen LogP contribution in [-0.2, 0) is 22.7 Å². The van der Waals surface area contributed by atoms with Gasteiger partial charge in [0.2, 0.25) is 11.8 Å². The van der Waals surface area contributed by atoms with Gasteiger partial charge in [-0.25, -0.2) is 0 Å². The highest BCUT2D eigenvalue weighted by Gasteiger charge is 2.29. The quantitative estimate of drug-likeness (QED) is 0.841. The molecule has 8 nitrogen and oxygen atoms in total. The number of methoxy groups -OCH3 is 1. The molecule has 3 rings (SSSR count). The minimum atomic E-state index is -0.199. The van der Waals surface area contributed by atoms with Crippen LogP contribution < -0.4 is 5.32 Å². The largest absolute Gasteiger partial charge is 0.377 e. The molecule has 1 fully saturated rings. The van der Waals surface area contributed by atoms with Gasteiger partial charge in [0.1, 0.15) is 6.61 Å². The van der Waals surface area contributed by atoms with Gasteiger partial charge in [0.15, 0.2) is 5.82 Å². The van der Waals surface area contributed by atoms with E-state index in [0.29, 0.717) is 16.6 Å². The molecule has 0 bridgehead atoms. The number of rotatable bonds is 6. The highest BCUT2D eigenvalue weighted by molar-refractivity contribution is 7.14. The lowest BCUT2D eigenvalue weighted by Crippen LogP contribution is -2.27. The van der Waals surface area contributed by atoms with Gasteiger partial charge in [-0.05, 0) is 25.0 Å². The van der Waals surface area contributed by atoms with Crippen LogP contribution in [0.15, 0.2) is 16.7 Å². The first-order valence-corrected chi connectivity index (χ1v) is 8.85. The first-order valence-electron chi connectivity index (χ1n) is 8.04. The lowest BCUT2D eigenvalue weighted by atomic mass is 10.2. The Bertz CT molecular complexity index is 757. The predicted molar refractivity (Wildman–Crippen MR) is 89.9 cm³/mol. The number of carbonyl (C=O) groups is 2. The van der Waals surface area contributed by atoms with Crippen molar-refractivity contribution in [3.8, 4) is 0 Å². The molecule has 0 radical (unpaired) electrons. The van der Waals surface area contributed by atoms with Gasteiger partial charge in [-0.2, -0.15) is 4.98 Å². The number of likely N-dealkylation sites (tertiary alicyclic amines) is 1. The molecule has 25 heavy (non-hydrogen) atoms. The van der Waals surface area contributed by atoms with Gasteiger partial charge >= 0.3 is 0 Å². The summed E-state index contributed by atoms with van der Waals surface area (Å²) < 4.78 is 9.95. The molecule has 1 saturated heterocycles. The second kappa shape index (κ2) is 7.75. The van der Waals surface area contributed by atoms with Gasteiger partial charge in [0.05, 0.1) is 17.5 Å². The average Bonchev–Trinajstić information content (AvgIpc) is 3.32. The summed E-state index contributed by atoms with van der Waals surface area (Å²) in [5, 5.41) is 6.50. The maximum atomic E-state index is 12.3. The highest BCUT2D eigenvalue weighted by atomic mass is 32.1. The average molecular weight is 364 g/mol. The topological polar surface area (TPSA) is 97.6 Å². The number of thiophene rings is 1. The highest BCUT2D eigenvalue weighted by Crippen LogP contribution is 2.35. The predicted octanol–water partition coefficient (Wildman–Crippen LogP) is 1.89. The van der Waals surface area contributed by atoms with E-state index in [9.17, 15) is 9.59 Å². The lowest BCUT2D eigenvalue weighted by Gasteiger charge is -2.21. The van der Waals surface area contributed by atoms with Crippen molar-refractivity contribution >= 4 is 23.2 Å². The summed E-state index contributed by atoms with van der Waals surface area (Å²) in [6.45, 7) is 2.79. The fraction of sp³-hybridized carbons (Fsp3) is 0.500. The second-order valence-electron chi connectivity index (χ2n) is 5.79. The Hall–Kier alpha value is -2.26. The van der Waals surface area contributed by atoms with Gasteiger partial charge in [0.25, 0.3) is 5.91 Å². The third-order valence-corrected chi connectivity index (χ3v) is 5.21. The van der Waals surface area contributed by atoms with Crippen molar-refractivity contribution in [1.82, 2.24) is 20.4 Å². The number of ether oxygens (including phenoxy) is 1. The molecule has 1 aliphatic heterocycles. The zero-order valence-electron chi connectivity index (χ0n) is 14.2. The summed E-state index contributed by atoms with van der Waals surface area (Å²) in [5.74, 6) is 0.645. The van der Waals surface area contributed by atoms with E-state index in [-0.39, 0.29) is 31.0 Å². The molecule has 9 heteroatoms. The number of nitrogens with one attached hydrogen (secondary N) is 1. The van der Waals surface area contributed by atoms with Crippen molar-refractivity contribution in [3.05, 3.63) is 33.6 Å². The van der Waals surface area contributed by atoms with Gasteiger partial charge in [0, 0.05) is 25.5 Å². The molecule has 1 aliphatic rings. The molecule has 0 aliphatic carbocycles. The standard InChI is InChI=1S/C16H20N4O4S/c1-10(21)20-7-3-4-11(20)12-5-6-13(25-12)16(22)17-8-15-18-14(9-23-2)19-24-15/h5-6,11H,3-4,7-9H2,1-2H3,(H,17,22)/t11-/m1/s1. The normalized spacial score (nSPS) is 17.0. The van der Waals surface area contributed by atoms with Crippen molar-refractivity contribution in [1.29, 1.82) is 0 Å². The van der Waals surface area contributed by atoms with Crippen LogP contribution in [0, 0.1) is 0 Å². The van der Waals surface area contributed by atoms with Crippen LogP contribution in [0.4, 0.5) is 0 Å². The van der Waals surface area contributed by atoms with Crippen LogP contribution in [0.5, 0.6) is 0 Å². The molecule has 0 aromatic carbocycles. The number of aromatic nitrogens is 2. The Balaban J connectivity index is 1.59. The van der Waals surface area contributed by atoms with E-state index >= 15 is 0 Å². The van der Waals surface area contributed by atoms with E-state index in [1.165, 1.54) is 11.3 Å². The van der Waals surface area contributed by atoms with Crippen molar-refractivity contribution < 1.29 is 18.8 Å². The molecule has 0 unspecified atom stereocenters. The van der Waals surface area contributed by atoms with E-state index in [2.05, 4.69) is 15.5 Å².